The average Bonchev–Trinajstić information content (AvgIpc) is 2.70. The van der Waals surface area contributed by atoms with Gasteiger partial charge in [0.2, 0.25) is 15.9 Å². The second kappa shape index (κ2) is 8.19. The molecule has 0 saturated carbocycles. The standard InChI is InChI=1S/C20H23FN2O3S/c1-2-19(16-6-4-3-5-7-16)20(24)22-12-14-23(15-13-22)27(25,26)18-10-8-17(21)9-11-18/h3-11,19H,2,12-15H2,1H3/t19-/m0/s1. The van der Waals surface area contributed by atoms with E-state index in [1.165, 1.54) is 16.4 Å². The molecule has 1 aliphatic heterocycles. The van der Waals surface area contributed by atoms with Crippen molar-refractivity contribution in [1.82, 2.24) is 9.21 Å². The van der Waals surface area contributed by atoms with Crippen LogP contribution in [0.1, 0.15) is 24.8 Å². The molecule has 144 valence electrons. The Labute approximate surface area is 159 Å². The van der Waals surface area contributed by atoms with Crippen LogP contribution in [-0.4, -0.2) is 49.7 Å². The predicted octanol–water partition coefficient (Wildman–Crippen LogP) is 2.85. The lowest BCUT2D eigenvalue weighted by molar-refractivity contribution is -0.134. The summed E-state index contributed by atoms with van der Waals surface area (Å²) in [5.74, 6) is -0.662. The maximum absolute atomic E-state index is 13.1. The third-order valence-electron chi connectivity index (χ3n) is 4.91. The Morgan fingerprint density at radius 3 is 2.15 bits per heavy atom. The van der Waals surface area contributed by atoms with Gasteiger partial charge in [0, 0.05) is 26.2 Å². The number of benzene rings is 2. The molecule has 0 N–H and O–H groups in total. The SMILES string of the molecule is CC[C@H](C(=O)N1CCN(S(=O)(=O)c2ccc(F)cc2)CC1)c1ccccc1. The summed E-state index contributed by atoms with van der Waals surface area (Å²) in [5.41, 5.74) is 0.978. The molecule has 2 aromatic rings. The molecule has 7 heteroatoms. The van der Waals surface area contributed by atoms with Crippen LogP contribution in [0, 0.1) is 5.82 Å². The fourth-order valence-corrected chi connectivity index (χ4v) is 4.79. The minimum absolute atomic E-state index is 0.0301. The van der Waals surface area contributed by atoms with Gasteiger partial charge in [-0.15, -0.1) is 0 Å². The van der Waals surface area contributed by atoms with Crippen molar-refractivity contribution in [1.29, 1.82) is 0 Å². The van der Waals surface area contributed by atoms with Crippen molar-refractivity contribution in [3.8, 4) is 0 Å². The number of hydrogen-bond acceptors (Lipinski definition) is 3. The highest BCUT2D eigenvalue weighted by Crippen LogP contribution is 2.24. The van der Waals surface area contributed by atoms with Crippen LogP contribution in [0.25, 0.3) is 0 Å². The first-order chi connectivity index (χ1) is 12.9. The summed E-state index contributed by atoms with van der Waals surface area (Å²) in [4.78, 5) is 14.7. The molecule has 0 spiro atoms. The number of nitrogens with zero attached hydrogens (tertiary/aromatic N) is 2. The molecule has 0 aliphatic carbocycles. The number of carbonyl (C=O) groups is 1. The molecule has 0 bridgehead atoms. The van der Waals surface area contributed by atoms with Crippen LogP contribution in [0.2, 0.25) is 0 Å². The quantitative estimate of drug-likeness (QED) is 0.789. The fourth-order valence-electron chi connectivity index (χ4n) is 3.36. The van der Waals surface area contributed by atoms with E-state index >= 15 is 0 Å². The van der Waals surface area contributed by atoms with Crippen LogP contribution in [0.15, 0.2) is 59.5 Å². The minimum Gasteiger partial charge on any atom is -0.340 e. The molecule has 5 nitrogen and oxygen atoms in total. The molecule has 0 unspecified atom stereocenters. The van der Waals surface area contributed by atoms with E-state index in [-0.39, 0.29) is 29.8 Å². The number of hydrogen-bond donors (Lipinski definition) is 0. The third kappa shape index (κ3) is 4.20. The highest BCUT2D eigenvalue weighted by molar-refractivity contribution is 7.89. The Bertz CT molecular complexity index is 877. The maximum Gasteiger partial charge on any atom is 0.243 e. The van der Waals surface area contributed by atoms with Gasteiger partial charge >= 0.3 is 0 Å². The Morgan fingerprint density at radius 1 is 1.00 bits per heavy atom. The van der Waals surface area contributed by atoms with Crippen LogP contribution in [0.3, 0.4) is 0 Å². The van der Waals surface area contributed by atoms with Crippen molar-refractivity contribution in [2.75, 3.05) is 26.2 Å². The van der Waals surface area contributed by atoms with E-state index in [0.717, 1.165) is 17.7 Å². The normalized spacial score (nSPS) is 16.9. The number of amides is 1. The maximum atomic E-state index is 13.1. The molecule has 1 atom stereocenters. The van der Waals surface area contributed by atoms with E-state index in [0.29, 0.717) is 19.5 Å². The van der Waals surface area contributed by atoms with Gasteiger partial charge in [0.15, 0.2) is 0 Å². The van der Waals surface area contributed by atoms with E-state index in [2.05, 4.69) is 0 Å². The van der Waals surface area contributed by atoms with Gasteiger partial charge in [0.05, 0.1) is 10.8 Å². The summed E-state index contributed by atoms with van der Waals surface area (Å²) in [7, 11) is -3.68. The number of sulfonamides is 1. The van der Waals surface area contributed by atoms with Crippen LogP contribution in [0.4, 0.5) is 4.39 Å². The summed E-state index contributed by atoms with van der Waals surface area (Å²) in [6.07, 6.45) is 0.691. The van der Waals surface area contributed by atoms with Gasteiger partial charge in [0.25, 0.3) is 0 Å². The smallest absolute Gasteiger partial charge is 0.243 e. The summed E-state index contributed by atoms with van der Waals surface area (Å²) >= 11 is 0. The number of carbonyl (C=O) groups excluding carboxylic acids is 1. The zero-order chi connectivity index (χ0) is 19.4. The average molecular weight is 390 g/mol. The van der Waals surface area contributed by atoms with E-state index < -0.39 is 15.8 Å². The summed E-state index contributed by atoms with van der Waals surface area (Å²) in [5, 5.41) is 0. The summed E-state index contributed by atoms with van der Waals surface area (Å²) < 4.78 is 39.8. The van der Waals surface area contributed by atoms with Crippen molar-refractivity contribution < 1.29 is 17.6 Å². The van der Waals surface area contributed by atoms with E-state index in [1.54, 1.807) is 4.90 Å². The lowest BCUT2D eigenvalue weighted by Crippen LogP contribution is -2.51. The molecular formula is C20H23FN2O3S. The van der Waals surface area contributed by atoms with Gasteiger partial charge in [-0.05, 0) is 36.2 Å². The number of halogens is 1. The topological polar surface area (TPSA) is 57.7 Å². The molecule has 1 amide bonds. The number of piperazine rings is 1. The van der Waals surface area contributed by atoms with Crippen molar-refractivity contribution in [3.63, 3.8) is 0 Å². The van der Waals surface area contributed by atoms with Crippen molar-refractivity contribution in [2.45, 2.75) is 24.2 Å². The van der Waals surface area contributed by atoms with Crippen molar-refractivity contribution >= 4 is 15.9 Å². The first kappa shape index (κ1) is 19.5. The zero-order valence-corrected chi connectivity index (χ0v) is 16.0. The Hall–Kier alpha value is -2.25. The van der Waals surface area contributed by atoms with E-state index in [9.17, 15) is 17.6 Å². The first-order valence-electron chi connectivity index (χ1n) is 9.03. The molecule has 1 aliphatic rings. The van der Waals surface area contributed by atoms with Gasteiger partial charge in [-0.25, -0.2) is 12.8 Å². The molecule has 0 aromatic heterocycles. The fraction of sp³-hybridized carbons (Fsp3) is 0.350. The Morgan fingerprint density at radius 2 is 1.59 bits per heavy atom. The van der Waals surface area contributed by atoms with E-state index in [1.807, 2.05) is 37.3 Å². The van der Waals surface area contributed by atoms with Crippen LogP contribution < -0.4 is 0 Å². The highest BCUT2D eigenvalue weighted by atomic mass is 32.2. The van der Waals surface area contributed by atoms with Gasteiger partial charge in [-0.1, -0.05) is 37.3 Å². The van der Waals surface area contributed by atoms with E-state index in [4.69, 9.17) is 0 Å². The first-order valence-corrected chi connectivity index (χ1v) is 10.5. The van der Waals surface area contributed by atoms with Gasteiger partial charge in [-0.3, -0.25) is 4.79 Å². The van der Waals surface area contributed by atoms with Gasteiger partial charge in [0.1, 0.15) is 5.82 Å². The lowest BCUT2D eigenvalue weighted by Gasteiger charge is -2.35. The minimum atomic E-state index is -3.68. The molecule has 1 heterocycles. The second-order valence-corrected chi connectivity index (χ2v) is 8.49. The Kier molecular flexibility index (Phi) is 5.92. The lowest BCUT2D eigenvalue weighted by atomic mass is 9.95. The predicted molar refractivity (Wildman–Crippen MR) is 101 cm³/mol. The van der Waals surface area contributed by atoms with Crippen LogP contribution >= 0.6 is 0 Å². The molecule has 1 saturated heterocycles. The molecule has 1 fully saturated rings. The van der Waals surface area contributed by atoms with Gasteiger partial charge in [-0.2, -0.15) is 4.31 Å². The molecule has 27 heavy (non-hydrogen) atoms. The zero-order valence-electron chi connectivity index (χ0n) is 15.2. The third-order valence-corrected chi connectivity index (χ3v) is 6.82. The summed E-state index contributed by atoms with van der Waals surface area (Å²) in [6, 6.07) is 14.4. The second-order valence-electron chi connectivity index (χ2n) is 6.55. The largest absolute Gasteiger partial charge is 0.340 e. The monoisotopic (exact) mass is 390 g/mol. The molecule has 3 rings (SSSR count). The van der Waals surface area contributed by atoms with Crippen molar-refractivity contribution in [2.24, 2.45) is 0 Å². The van der Waals surface area contributed by atoms with Gasteiger partial charge < -0.3 is 4.90 Å². The molecular weight excluding hydrogens is 367 g/mol. The molecule has 2 aromatic carbocycles. The summed E-state index contributed by atoms with van der Waals surface area (Å²) in [6.45, 7) is 3.14. The van der Waals surface area contributed by atoms with Crippen LogP contribution in [-0.2, 0) is 14.8 Å². The van der Waals surface area contributed by atoms with Crippen LogP contribution in [0.5, 0.6) is 0 Å². The highest BCUT2D eigenvalue weighted by Gasteiger charge is 2.32. The number of rotatable bonds is 5. The Balaban J connectivity index is 1.67. The molecule has 0 radical (unpaired) electrons. The van der Waals surface area contributed by atoms with Crippen molar-refractivity contribution in [3.05, 3.63) is 66.0 Å².